The van der Waals surface area contributed by atoms with E-state index in [-0.39, 0.29) is 40.5 Å². The second kappa shape index (κ2) is 9.26. The van der Waals surface area contributed by atoms with Crippen LogP contribution < -0.4 is 5.48 Å². The first-order valence-electron chi connectivity index (χ1n) is 9.86. The van der Waals surface area contributed by atoms with Crippen molar-refractivity contribution in [2.24, 2.45) is 0 Å². The number of carboxylic acids is 1. The minimum absolute atomic E-state index is 0.0182. The summed E-state index contributed by atoms with van der Waals surface area (Å²) in [5.41, 5.74) is 0.643. The number of benzene rings is 1. The third kappa shape index (κ3) is 4.34. The lowest BCUT2D eigenvalue weighted by Gasteiger charge is -2.18. The van der Waals surface area contributed by atoms with Crippen molar-refractivity contribution in [1.29, 1.82) is 0 Å². The highest BCUT2D eigenvalue weighted by Crippen LogP contribution is 2.43. The van der Waals surface area contributed by atoms with Crippen molar-refractivity contribution in [3.05, 3.63) is 80.3 Å². The number of rotatable bonds is 6. The quantitative estimate of drug-likeness (QED) is 0.228. The predicted molar refractivity (Wildman–Crippen MR) is 119 cm³/mol. The molecule has 1 fully saturated rings. The first-order chi connectivity index (χ1) is 16.1. The Labute approximate surface area is 199 Å². The standard InChI is InChI=1S/C22H17ClF3N3O4S/c23-13-1-2-14(24)16(18(13)26)11(7-28-33)5-10-3-4-22(32,6-10)21-27-8-15(29-21)12-9-34-19(17(12)25)20(30)31/h1-2,5,7-9,28,32-33H,3-4,6H2,(H,27,29)(H,30,31)/b10-5-,11-7+. The Hall–Kier alpha value is -3.12. The molecule has 3 aromatic rings. The van der Waals surface area contributed by atoms with E-state index in [1.807, 2.05) is 0 Å². The van der Waals surface area contributed by atoms with Crippen molar-refractivity contribution in [3.8, 4) is 11.3 Å². The van der Waals surface area contributed by atoms with Crippen molar-refractivity contribution in [3.63, 3.8) is 0 Å². The summed E-state index contributed by atoms with van der Waals surface area (Å²) in [6.45, 7) is 0. The fourth-order valence-electron chi connectivity index (χ4n) is 3.88. The summed E-state index contributed by atoms with van der Waals surface area (Å²) in [6, 6.07) is 2.07. The molecule has 4 rings (SSSR count). The molecule has 1 saturated carbocycles. The van der Waals surface area contributed by atoms with Crippen molar-refractivity contribution in [1.82, 2.24) is 15.4 Å². The van der Waals surface area contributed by atoms with Crippen LogP contribution in [0.25, 0.3) is 16.8 Å². The van der Waals surface area contributed by atoms with Crippen LogP contribution in [0.2, 0.25) is 5.02 Å². The molecule has 1 aromatic carbocycles. The Balaban J connectivity index is 1.62. The van der Waals surface area contributed by atoms with Crippen LogP contribution in [0.4, 0.5) is 13.2 Å². The van der Waals surface area contributed by atoms with E-state index in [4.69, 9.17) is 21.9 Å². The number of carboxylic acid groups (broad SMARTS) is 1. The number of hydroxylamine groups is 1. The van der Waals surface area contributed by atoms with E-state index in [9.17, 15) is 23.1 Å². The number of nitrogens with zero attached hydrogens (tertiary/aromatic N) is 1. The second-order valence-corrected chi connectivity index (χ2v) is 8.99. The van der Waals surface area contributed by atoms with Gasteiger partial charge in [-0.3, -0.25) is 10.7 Å². The number of halogens is 4. The molecule has 1 atom stereocenters. The number of carbonyl (C=O) groups is 1. The number of aromatic carboxylic acids is 1. The molecular formula is C22H17ClF3N3O4S. The highest BCUT2D eigenvalue weighted by molar-refractivity contribution is 7.12. The smallest absolute Gasteiger partial charge is 0.348 e. The first kappa shape index (κ1) is 24.0. The van der Waals surface area contributed by atoms with Gasteiger partial charge < -0.3 is 15.2 Å². The van der Waals surface area contributed by atoms with Crippen LogP contribution >= 0.6 is 22.9 Å². The molecule has 0 saturated heterocycles. The molecule has 34 heavy (non-hydrogen) atoms. The molecule has 0 spiro atoms. The molecule has 0 amide bonds. The lowest BCUT2D eigenvalue weighted by molar-refractivity contribution is 0.0390. The Morgan fingerprint density at radius 3 is 2.74 bits per heavy atom. The highest BCUT2D eigenvalue weighted by Gasteiger charge is 2.39. The minimum atomic E-state index is -1.48. The number of aromatic amines is 1. The van der Waals surface area contributed by atoms with Crippen LogP contribution in [-0.2, 0) is 5.60 Å². The van der Waals surface area contributed by atoms with Gasteiger partial charge in [0.2, 0.25) is 0 Å². The molecule has 1 unspecified atom stereocenters. The Bertz CT molecular complexity index is 1340. The van der Waals surface area contributed by atoms with E-state index in [0.717, 1.165) is 29.7 Å². The number of allylic oxidation sites excluding steroid dienone is 2. The molecule has 0 radical (unpaired) electrons. The fourth-order valence-corrected chi connectivity index (χ4v) is 4.81. The van der Waals surface area contributed by atoms with Crippen molar-refractivity contribution >= 4 is 34.5 Å². The molecule has 1 aliphatic carbocycles. The number of thiophene rings is 1. The van der Waals surface area contributed by atoms with Gasteiger partial charge in [0.05, 0.1) is 22.5 Å². The summed E-state index contributed by atoms with van der Waals surface area (Å²) in [4.78, 5) is 17.6. The number of aromatic nitrogens is 2. The number of hydrogen-bond donors (Lipinski definition) is 5. The van der Waals surface area contributed by atoms with Gasteiger partial charge in [0.15, 0.2) is 11.6 Å². The molecule has 1 aliphatic rings. The van der Waals surface area contributed by atoms with Crippen LogP contribution in [0, 0.1) is 17.5 Å². The van der Waals surface area contributed by atoms with E-state index in [1.54, 1.807) is 5.48 Å². The maximum atomic E-state index is 14.5. The summed E-state index contributed by atoms with van der Waals surface area (Å²) in [5, 5.41) is 30.3. The molecule has 0 aliphatic heterocycles. The van der Waals surface area contributed by atoms with E-state index in [1.165, 1.54) is 17.7 Å². The third-order valence-electron chi connectivity index (χ3n) is 5.52. The van der Waals surface area contributed by atoms with Gasteiger partial charge in [-0.1, -0.05) is 23.3 Å². The van der Waals surface area contributed by atoms with Crippen LogP contribution in [0.1, 0.15) is 40.3 Å². The molecule has 7 nitrogen and oxygen atoms in total. The number of nitrogens with one attached hydrogen (secondary N) is 2. The minimum Gasteiger partial charge on any atom is -0.477 e. The van der Waals surface area contributed by atoms with Gasteiger partial charge in [-0.05, 0) is 25.0 Å². The Morgan fingerprint density at radius 2 is 2.06 bits per heavy atom. The summed E-state index contributed by atoms with van der Waals surface area (Å²) in [6.07, 6.45) is 4.31. The lowest BCUT2D eigenvalue weighted by Crippen LogP contribution is -2.22. The highest BCUT2D eigenvalue weighted by atomic mass is 35.5. The molecule has 2 heterocycles. The summed E-state index contributed by atoms with van der Waals surface area (Å²) in [5.74, 6) is -4.03. The SMILES string of the molecule is O=C(O)c1scc(-c2cnc(C3(O)CC/C(=C/C(=C\NO)c4c(F)ccc(Cl)c4F)C3)[nH]2)c1F. The molecule has 178 valence electrons. The van der Waals surface area contributed by atoms with E-state index in [2.05, 4.69) is 9.97 Å². The van der Waals surface area contributed by atoms with Gasteiger partial charge in [0.1, 0.15) is 22.1 Å². The van der Waals surface area contributed by atoms with E-state index in [0.29, 0.717) is 12.0 Å². The average Bonchev–Trinajstić information content (AvgIpc) is 3.50. The Kier molecular flexibility index (Phi) is 6.54. The normalized spacial score (nSPS) is 19.7. The molecule has 12 heteroatoms. The number of H-pyrrole nitrogens is 1. The number of imidazole rings is 1. The zero-order valence-electron chi connectivity index (χ0n) is 17.2. The maximum Gasteiger partial charge on any atom is 0.348 e. The van der Waals surface area contributed by atoms with Crippen LogP contribution in [0.5, 0.6) is 0 Å². The van der Waals surface area contributed by atoms with Crippen molar-refractivity contribution in [2.75, 3.05) is 0 Å². The summed E-state index contributed by atoms with van der Waals surface area (Å²) < 4.78 is 43.2. The monoisotopic (exact) mass is 511 g/mol. The fraction of sp³-hybridized carbons (Fsp3) is 0.182. The van der Waals surface area contributed by atoms with Gasteiger partial charge in [0.25, 0.3) is 0 Å². The Morgan fingerprint density at radius 1 is 1.29 bits per heavy atom. The molecular weight excluding hydrogens is 495 g/mol. The van der Waals surface area contributed by atoms with E-state index < -0.39 is 39.5 Å². The van der Waals surface area contributed by atoms with Crippen molar-refractivity contribution < 1.29 is 33.4 Å². The van der Waals surface area contributed by atoms with Gasteiger partial charge in [-0.15, -0.1) is 11.3 Å². The second-order valence-electron chi connectivity index (χ2n) is 7.70. The predicted octanol–water partition coefficient (Wildman–Crippen LogP) is 5.22. The summed E-state index contributed by atoms with van der Waals surface area (Å²) >= 11 is 6.51. The average molecular weight is 512 g/mol. The first-order valence-corrected chi connectivity index (χ1v) is 11.1. The zero-order valence-corrected chi connectivity index (χ0v) is 18.8. The van der Waals surface area contributed by atoms with Gasteiger partial charge in [-0.25, -0.2) is 22.9 Å². The molecule has 5 N–H and O–H groups in total. The summed E-state index contributed by atoms with van der Waals surface area (Å²) in [7, 11) is 0. The molecule has 0 bridgehead atoms. The lowest BCUT2D eigenvalue weighted by atomic mass is 9.99. The zero-order chi connectivity index (χ0) is 24.6. The third-order valence-corrected chi connectivity index (χ3v) is 6.76. The van der Waals surface area contributed by atoms with Gasteiger partial charge in [-0.2, -0.15) is 0 Å². The topological polar surface area (TPSA) is 118 Å². The van der Waals surface area contributed by atoms with Gasteiger partial charge in [0, 0.05) is 29.1 Å². The molecule has 2 aromatic heterocycles. The van der Waals surface area contributed by atoms with E-state index >= 15 is 0 Å². The van der Waals surface area contributed by atoms with Gasteiger partial charge >= 0.3 is 5.97 Å². The van der Waals surface area contributed by atoms with Crippen molar-refractivity contribution in [2.45, 2.75) is 24.9 Å². The largest absolute Gasteiger partial charge is 0.477 e. The number of aliphatic hydroxyl groups is 1. The maximum absolute atomic E-state index is 14.5. The van der Waals surface area contributed by atoms with Crippen LogP contribution in [0.3, 0.4) is 0 Å². The van der Waals surface area contributed by atoms with Crippen LogP contribution in [-0.4, -0.2) is 31.4 Å². The van der Waals surface area contributed by atoms with Crippen LogP contribution in [0.15, 0.2) is 41.6 Å². The number of hydrogen-bond acceptors (Lipinski definition) is 6.